The molecule has 0 fully saturated rings. The molecule has 0 bridgehead atoms. The van der Waals surface area contributed by atoms with Crippen LogP contribution in [-0.4, -0.2) is 10.9 Å². The number of carbonyl (C=O) groups excluding carboxylic acids is 1. The first-order chi connectivity index (χ1) is 6.72. The number of nitrogens with one attached hydrogen (secondary N) is 1. The van der Waals surface area contributed by atoms with Gasteiger partial charge in [0.1, 0.15) is 0 Å². The number of aromatic nitrogens is 1. The highest BCUT2D eigenvalue weighted by Crippen LogP contribution is 2.19. The van der Waals surface area contributed by atoms with E-state index in [-0.39, 0.29) is 5.91 Å². The standard InChI is InChI=1S/C11H12N2O/c1-2-7-6-13-10-4-3-8(11(12)14)5-9(7)10/h3-6,13H,2H2,1H3,(H2,12,14). The van der Waals surface area contributed by atoms with Gasteiger partial charge in [0.25, 0.3) is 0 Å². The molecular weight excluding hydrogens is 176 g/mol. The van der Waals surface area contributed by atoms with Gasteiger partial charge in [-0.1, -0.05) is 6.92 Å². The van der Waals surface area contributed by atoms with E-state index in [1.807, 2.05) is 18.3 Å². The molecule has 0 radical (unpaired) electrons. The Morgan fingerprint density at radius 2 is 2.29 bits per heavy atom. The predicted octanol–water partition coefficient (Wildman–Crippen LogP) is 1.83. The van der Waals surface area contributed by atoms with Crippen LogP contribution in [0.5, 0.6) is 0 Å². The van der Waals surface area contributed by atoms with Crippen molar-refractivity contribution in [2.24, 2.45) is 5.73 Å². The van der Waals surface area contributed by atoms with Gasteiger partial charge in [0, 0.05) is 22.7 Å². The molecule has 3 N–H and O–H groups in total. The minimum atomic E-state index is -0.379. The number of rotatable bonds is 2. The molecule has 0 unspecified atom stereocenters. The second kappa shape index (κ2) is 3.18. The second-order valence-corrected chi connectivity index (χ2v) is 3.29. The van der Waals surface area contributed by atoms with Gasteiger partial charge in [-0.15, -0.1) is 0 Å². The maximum Gasteiger partial charge on any atom is 0.248 e. The number of H-pyrrole nitrogens is 1. The molecule has 0 saturated carbocycles. The van der Waals surface area contributed by atoms with Crippen LogP contribution in [0.1, 0.15) is 22.8 Å². The third-order valence-electron chi connectivity index (χ3n) is 2.43. The Hall–Kier alpha value is -1.77. The molecule has 72 valence electrons. The molecule has 0 atom stereocenters. The van der Waals surface area contributed by atoms with Crippen molar-refractivity contribution < 1.29 is 4.79 Å². The smallest absolute Gasteiger partial charge is 0.248 e. The summed E-state index contributed by atoms with van der Waals surface area (Å²) >= 11 is 0. The number of primary amides is 1. The van der Waals surface area contributed by atoms with Crippen LogP contribution in [-0.2, 0) is 6.42 Å². The fourth-order valence-electron chi connectivity index (χ4n) is 1.62. The molecule has 0 spiro atoms. The highest BCUT2D eigenvalue weighted by Gasteiger charge is 2.05. The van der Waals surface area contributed by atoms with Crippen molar-refractivity contribution in [3.63, 3.8) is 0 Å². The van der Waals surface area contributed by atoms with Crippen LogP contribution in [0.4, 0.5) is 0 Å². The predicted molar refractivity (Wildman–Crippen MR) is 56.2 cm³/mol. The van der Waals surface area contributed by atoms with Gasteiger partial charge in [0.05, 0.1) is 0 Å². The van der Waals surface area contributed by atoms with Crippen LogP contribution in [0.25, 0.3) is 10.9 Å². The van der Waals surface area contributed by atoms with Crippen molar-refractivity contribution in [3.8, 4) is 0 Å². The topological polar surface area (TPSA) is 58.9 Å². The average Bonchev–Trinajstić information content (AvgIpc) is 2.59. The highest BCUT2D eigenvalue weighted by atomic mass is 16.1. The monoisotopic (exact) mass is 188 g/mol. The molecule has 0 saturated heterocycles. The Labute approximate surface area is 81.9 Å². The number of benzene rings is 1. The third kappa shape index (κ3) is 1.27. The zero-order valence-corrected chi connectivity index (χ0v) is 8.00. The third-order valence-corrected chi connectivity index (χ3v) is 2.43. The minimum Gasteiger partial charge on any atom is -0.366 e. The lowest BCUT2D eigenvalue weighted by Gasteiger charge is -1.97. The molecule has 14 heavy (non-hydrogen) atoms. The number of hydrogen-bond acceptors (Lipinski definition) is 1. The van der Waals surface area contributed by atoms with E-state index in [4.69, 9.17) is 5.73 Å². The molecule has 3 heteroatoms. The molecule has 1 aromatic heterocycles. The Morgan fingerprint density at radius 3 is 2.93 bits per heavy atom. The van der Waals surface area contributed by atoms with Crippen LogP contribution in [0.3, 0.4) is 0 Å². The minimum absolute atomic E-state index is 0.379. The molecule has 2 rings (SSSR count). The Balaban J connectivity index is 2.67. The summed E-state index contributed by atoms with van der Waals surface area (Å²) in [4.78, 5) is 14.1. The van der Waals surface area contributed by atoms with Crippen LogP contribution in [0, 0.1) is 0 Å². The van der Waals surface area contributed by atoms with Crippen LogP contribution >= 0.6 is 0 Å². The lowest BCUT2D eigenvalue weighted by atomic mass is 10.1. The van der Waals surface area contributed by atoms with Gasteiger partial charge >= 0.3 is 0 Å². The first kappa shape index (κ1) is 8.81. The summed E-state index contributed by atoms with van der Waals surface area (Å²) in [6.45, 7) is 2.08. The highest BCUT2D eigenvalue weighted by molar-refractivity contribution is 5.97. The maximum absolute atomic E-state index is 11.0. The Kier molecular flexibility index (Phi) is 2.00. The van der Waals surface area contributed by atoms with E-state index in [9.17, 15) is 4.79 Å². The molecule has 0 aliphatic carbocycles. The number of carbonyl (C=O) groups is 1. The second-order valence-electron chi connectivity index (χ2n) is 3.29. The van der Waals surface area contributed by atoms with Crippen molar-refractivity contribution >= 4 is 16.8 Å². The van der Waals surface area contributed by atoms with Gasteiger partial charge in [-0.25, -0.2) is 0 Å². The number of aromatic amines is 1. The molecule has 0 aliphatic rings. The lowest BCUT2D eigenvalue weighted by Crippen LogP contribution is -2.10. The van der Waals surface area contributed by atoms with Gasteiger partial charge in [0.2, 0.25) is 5.91 Å². The van der Waals surface area contributed by atoms with Crippen molar-refractivity contribution in [1.29, 1.82) is 0 Å². The van der Waals surface area contributed by atoms with Gasteiger partial charge < -0.3 is 10.7 Å². The molecule has 3 nitrogen and oxygen atoms in total. The number of hydrogen-bond donors (Lipinski definition) is 2. The number of nitrogens with two attached hydrogens (primary N) is 1. The Morgan fingerprint density at radius 1 is 1.50 bits per heavy atom. The normalized spacial score (nSPS) is 10.6. The van der Waals surface area contributed by atoms with Crippen molar-refractivity contribution in [2.45, 2.75) is 13.3 Å². The van der Waals surface area contributed by atoms with Gasteiger partial charge in [0.15, 0.2) is 0 Å². The fraction of sp³-hybridized carbons (Fsp3) is 0.182. The van der Waals surface area contributed by atoms with Crippen LogP contribution in [0.2, 0.25) is 0 Å². The Bertz CT molecular complexity index is 485. The first-order valence-corrected chi connectivity index (χ1v) is 4.62. The maximum atomic E-state index is 11.0. The van der Waals surface area contributed by atoms with Gasteiger partial charge in [-0.05, 0) is 30.2 Å². The summed E-state index contributed by atoms with van der Waals surface area (Å²) in [5.41, 5.74) is 8.04. The van der Waals surface area contributed by atoms with Crippen molar-refractivity contribution in [2.75, 3.05) is 0 Å². The van der Waals surface area contributed by atoms with E-state index in [0.717, 1.165) is 17.3 Å². The van der Waals surface area contributed by atoms with E-state index in [1.165, 1.54) is 5.56 Å². The molecule has 1 aromatic carbocycles. The SMILES string of the molecule is CCc1c[nH]c2ccc(C(N)=O)cc12. The van der Waals surface area contributed by atoms with Crippen molar-refractivity contribution in [3.05, 3.63) is 35.5 Å². The quantitative estimate of drug-likeness (QED) is 0.742. The number of aryl methyl sites for hydroxylation is 1. The summed E-state index contributed by atoms with van der Waals surface area (Å²) in [5, 5.41) is 1.09. The van der Waals surface area contributed by atoms with Crippen LogP contribution in [0.15, 0.2) is 24.4 Å². The number of fused-ring (bicyclic) bond motifs is 1. The number of amides is 1. The van der Waals surface area contributed by atoms with Crippen molar-refractivity contribution in [1.82, 2.24) is 4.98 Å². The summed E-state index contributed by atoms with van der Waals surface area (Å²) in [5.74, 6) is -0.379. The summed E-state index contributed by atoms with van der Waals surface area (Å²) in [7, 11) is 0. The zero-order valence-electron chi connectivity index (χ0n) is 8.00. The van der Waals surface area contributed by atoms with E-state index in [0.29, 0.717) is 5.56 Å². The molecule has 2 aromatic rings. The fourth-order valence-corrected chi connectivity index (χ4v) is 1.62. The zero-order chi connectivity index (χ0) is 10.1. The first-order valence-electron chi connectivity index (χ1n) is 4.62. The lowest BCUT2D eigenvalue weighted by molar-refractivity contribution is 0.100. The van der Waals surface area contributed by atoms with E-state index < -0.39 is 0 Å². The molecule has 1 amide bonds. The molecule has 0 aliphatic heterocycles. The average molecular weight is 188 g/mol. The summed E-state index contributed by atoms with van der Waals surface area (Å²) in [6.07, 6.45) is 2.91. The molecule has 1 heterocycles. The summed E-state index contributed by atoms with van der Waals surface area (Å²) in [6, 6.07) is 5.46. The van der Waals surface area contributed by atoms with Crippen LogP contribution < -0.4 is 5.73 Å². The van der Waals surface area contributed by atoms with E-state index >= 15 is 0 Å². The molecular formula is C11H12N2O. The van der Waals surface area contributed by atoms with Gasteiger partial charge in [-0.3, -0.25) is 4.79 Å². The van der Waals surface area contributed by atoms with E-state index in [1.54, 1.807) is 6.07 Å². The largest absolute Gasteiger partial charge is 0.366 e. The van der Waals surface area contributed by atoms with E-state index in [2.05, 4.69) is 11.9 Å². The summed E-state index contributed by atoms with van der Waals surface area (Å²) < 4.78 is 0. The van der Waals surface area contributed by atoms with Gasteiger partial charge in [-0.2, -0.15) is 0 Å².